The summed E-state index contributed by atoms with van der Waals surface area (Å²) in [5.41, 5.74) is 0.677. The molecule has 6 nitrogen and oxygen atoms in total. The van der Waals surface area contributed by atoms with Gasteiger partial charge < -0.3 is 19.4 Å². The van der Waals surface area contributed by atoms with Crippen molar-refractivity contribution >= 4 is 11.9 Å². The lowest BCUT2D eigenvalue weighted by atomic mass is 10.2. The van der Waals surface area contributed by atoms with E-state index in [1.807, 2.05) is 13.8 Å². The minimum Gasteiger partial charge on any atom is -0.463 e. The highest BCUT2D eigenvalue weighted by molar-refractivity contribution is 5.87. The maximum Gasteiger partial charge on any atom is 0.374 e. The molecule has 6 heteroatoms. The quantitative estimate of drug-likeness (QED) is 0.766. The molecule has 0 aliphatic carbocycles. The third-order valence-electron chi connectivity index (χ3n) is 3.16. The maximum atomic E-state index is 12.1. The van der Waals surface area contributed by atoms with Gasteiger partial charge in [0, 0.05) is 25.2 Å². The molecule has 0 aliphatic rings. The van der Waals surface area contributed by atoms with Gasteiger partial charge in [-0.1, -0.05) is 0 Å². The monoisotopic (exact) mass is 282 g/mol. The van der Waals surface area contributed by atoms with E-state index in [0.29, 0.717) is 25.2 Å². The Labute approximate surface area is 119 Å². The normalized spacial score (nSPS) is 12.0. The summed E-state index contributed by atoms with van der Waals surface area (Å²) < 4.78 is 9.72. The van der Waals surface area contributed by atoms with E-state index in [4.69, 9.17) is 4.42 Å². The molecule has 0 fully saturated rings. The summed E-state index contributed by atoms with van der Waals surface area (Å²) in [4.78, 5) is 25.3. The Morgan fingerprint density at radius 2 is 2.05 bits per heavy atom. The second-order valence-corrected chi connectivity index (χ2v) is 4.38. The van der Waals surface area contributed by atoms with Crippen LogP contribution in [0, 0.1) is 0 Å². The molecule has 0 aliphatic heterocycles. The molecule has 0 aromatic carbocycles. The number of nitrogens with zero attached hydrogens (tertiary/aromatic N) is 1. The van der Waals surface area contributed by atoms with Crippen molar-refractivity contribution in [3.8, 4) is 0 Å². The van der Waals surface area contributed by atoms with E-state index < -0.39 is 5.97 Å². The van der Waals surface area contributed by atoms with E-state index in [1.165, 1.54) is 13.4 Å². The molecule has 1 amide bonds. The van der Waals surface area contributed by atoms with Crippen molar-refractivity contribution in [3.05, 3.63) is 23.7 Å². The Kier molecular flexibility index (Phi) is 6.24. The van der Waals surface area contributed by atoms with Crippen molar-refractivity contribution in [3.63, 3.8) is 0 Å². The summed E-state index contributed by atoms with van der Waals surface area (Å²) in [5.74, 6) is -0.310. The third kappa shape index (κ3) is 3.84. The fourth-order valence-electron chi connectivity index (χ4n) is 1.91. The number of nitrogens with one attached hydrogen (secondary N) is 1. The standard InChI is InChI=1S/C14H22N2O4/c1-5-16(6-2)13(17)10(3)15-9-11-7-8-20-12(11)14(18)19-4/h7-8,10,15H,5-6,9H2,1-4H3. The Balaban J connectivity index is 2.61. The number of ether oxygens (including phenoxy) is 1. The number of esters is 1. The lowest BCUT2D eigenvalue weighted by Gasteiger charge is -2.23. The van der Waals surface area contributed by atoms with Gasteiger partial charge in [-0.2, -0.15) is 0 Å². The second-order valence-electron chi connectivity index (χ2n) is 4.38. The zero-order chi connectivity index (χ0) is 15.1. The minimum absolute atomic E-state index is 0.0399. The van der Waals surface area contributed by atoms with E-state index in [9.17, 15) is 9.59 Å². The highest BCUT2D eigenvalue weighted by Crippen LogP contribution is 2.12. The molecule has 1 aromatic rings. The van der Waals surface area contributed by atoms with Gasteiger partial charge in [0.2, 0.25) is 11.7 Å². The van der Waals surface area contributed by atoms with Crippen LogP contribution in [0.5, 0.6) is 0 Å². The van der Waals surface area contributed by atoms with Crippen LogP contribution in [-0.4, -0.2) is 43.0 Å². The van der Waals surface area contributed by atoms with Crippen molar-refractivity contribution < 1.29 is 18.7 Å². The number of amides is 1. The molecule has 112 valence electrons. The molecular formula is C14H22N2O4. The van der Waals surface area contributed by atoms with Crippen LogP contribution < -0.4 is 5.32 Å². The number of hydrogen-bond acceptors (Lipinski definition) is 5. The van der Waals surface area contributed by atoms with Crippen LogP contribution in [-0.2, 0) is 16.1 Å². The number of rotatable bonds is 7. The topological polar surface area (TPSA) is 71.8 Å². The molecule has 0 spiro atoms. The lowest BCUT2D eigenvalue weighted by Crippen LogP contribution is -2.44. The van der Waals surface area contributed by atoms with Gasteiger partial charge in [0.25, 0.3) is 0 Å². The molecule has 1 aromatic heterocycles. The Morgan fingerprint density at radius 3 is 2.60 bits per heavy atom. The van der Waals surface area contributed by atoms with Crippen LogP contribution in [0.3, 0.4) is 0 Å². The predicted octanol–water partition coefficient (Wildman–Crippen LogP) is 1.41. The zero-order valence-electron chi connectivity index (χ0n) is 12.4. The highest BCUT2D eigenvalue weighted by atomic mass is 16.5. The number of methoxy groups -OCH3 is 1. The molecule has 1 rings (SSSR count). The highest BCUT2D eigenvalue weighted by Gasteiger charge is 2.20. The van der Waals surface area contributed by atoms with Crippen molar-refractivity contribution in [2.45, 2.75) is 33.4 Å². The van der Waals surface area contributed by atoms with Gasteiger partial charge in [0.05, 0.1) is 19.4 Å². The van der Waals surface area contributed by atoms with Gasteiger partial charge in [-0.05, 0) is 26.8 Å². The Hall–Kier alpha value is -1.82. The van der Waals surface area contributed by atoms with Crippen LogP contribution in [0.1, 0.15) is 36.9 Å². The minimum atomic E-state index is -0.519. The molecule has 1 heterocycles. The number of carbonyl (C=O) groups excluding carboxylic acids is 2. The molecule has 1 atom stereocenters. The lowest BCUT2D eigenvalue weighted by molar-refractivity contribution is -0.132. The van der Waals surface area contributed by atoms with Gasteiger partial charge in [-0.3, -0.25) is 4.79 Å². The molecular weight excluding hydrogens is 260 g/mol. The first-order valence-electron chi connectivity index (χ1n) is 6.71. The summed E-state index contributed by atoms with van der Waals surface area (Å²) in [6, 6.07) is 1.36. The summed E-state index contributed by atoms with van der Waals surface area (Å²) in [6.07, 6.45) is 1.43. The van der Waals surface area contributed by atoms with E-state index in [-0.39, 0.29) is 17.7 Å². The smallest absolute Gasteiger partial charge is 0.374 e. The van der Waals surface area contributed by atoms with E-state index in [1.54, 1.807) is 17.9 Å². The zero-order valence-corrected chi connectivity index (χ0v) is 12.4. The average Bonchev–Trinajstić information content (AvgIpc) is 2.93. The van der Waals surface area contributed by atoms with Crippen LogP contribution in [0.4, 0.5) is 0 Å². The molecule has 1 unspecified atom stereocenters. The molecule has 0 saturated carbocycles. The summed E-state index contributed by atoms with van der Waals surface area (Å²) >= 11 is 0. The number of likely N-dealkylation sites (N-methyl/N-ethyl adjacent to an activating group) is 1. The van der Waals surface area contributed by atoms with Gasteiger partial charge >= 0.3 is 5.97 Å². The first-order valence-corrected chi connectivity index (χ1v) is 6.71. The van der Waals surface area contributed by atoms with Crippen molar-refractivity contribution in [1.82, 2.24) is 10.2 Å². The molecule has 0 saturated heterocycles. The average molecular weight is 282 g/mol. The third-order valence-corrected chi connectivity index (χ3v) is 3.16. The molecule has 20 heavy (non-hydrogen) atoms. The van der Waals surface area contributed by atoms with Crippen LogP contribution in [0.2, 0.25) is 0 Å². The van der Waals surface area contributed by atoms with Crippen LogP contribution in [0.15, 0.2) is 16.7 Å². The van der Waals surface area contributed by atoms with Gasteiger partial charge in [0.15, 0.2) is 0 Å². The molecule has 0 bridgehead atoms. The second kappa shape index (κ2) is 7.69. The Morgan fingerprint density at radius 1 is 1.40 bits per heavy atom. The SMILES string of the molecule is CCN(CC)C(=O)C(C)NCc1ccoc1C(=O)OC. The van der Waals surface area contributed by atoms with Gasteiger partial charge in [-0.25, -0.2) is 4.79 Å². The fraction of sp³-hybridized carbons (Fsp3) is 0.571. The van der Waals surface area contributed by atoms with Crippen molar-refractivity contribution in [2.75, 3.05) is 20.2 Å². The van der Waals surface area contributed by atoms with E-state index >= 15 is 0 Å². The van der Waals surface area contributed by atoms with E-state index in [2.05, 4.69) is 10.1 Å². The van der Waals surface area contributed by atoms with Gasteiger partial charge in [0.1, 0.15) is 0 Å². The number of carbonyl (C=O) groups is 2. The van der Waals surface area contributed by atoms with E-state index in [0.717, 1.165) is 0 Å². The summed E-state index contributed by atoms with van der Waals surface area (Å²) in [6.45, 7) is 7.42. The maximum absolute atomic E-state index is 12.1. The van der Waals surface area contributed by atoms with Crippen LogP contribution in [0.25, 0.3) is 0 Å². The number of hydrogen-bond donors (Lipinski definition) is 1. The molecule has 0 radical (unpaired) electrons. The predicted molar refractivity (Wildman–Crippen MR) is 74.3 cm³/mol. The van der Waals surface area contributed by atoms with Crippen molar-refractivity contribution in [1.29, 1.82) is 0 Å². The van der Waals surface area contributed by atoms with Gasteiger partial charge in [-0.15, -0.1) is 0 Å². The molecule has 1 N–H and O–H groups in total. The number of furan rings is 1. The largest absolute Gasteiger partial charge is 0.463 e. The first-order chi connectivity index (χ1) is 9.54. The van der Waals surface area contributed by atoms with Crippen LogP contribution >= 0.6 is 0 Å². The summed E-state index contributed by atoms with van der Waals surface area (Å²) in [5, 5.41) is 3.09. The summed E-state index contributed by atoms with van der Waals surface area (Å²) in [7, 11) is 1.30. The first kappa shape index (κ1) is 16.2. The fourth-order valence-corrected chi connectivity index (χ4v) is 1.91. The van der Waals surface area contributed by atoms with Crippen molar-refractivity contribution in [2.24, 2.45) is 0 Å². The Bertz CT molecular complexity index is 452.